The number of nitrogens with zero attached hydrogens (tertiary/aromatic N) is 3. The zero-order chi connectivity index (χ0) is 15.9. The molecule has 2 saturated heterocycles. The Kier molecular flexibility index (Phi) is 4.57. The van der Waals surface area contributed by atoms with Gasteiger partial charge in [-0.25, -0.2) is 4.98 Å². The summed E-state index contributed by atoms with van der Waals surface area (Å²) >= 11 is 1.68. The van der Waals surface area contributed by atoms with Gasteiger partial charge in [-0.2, -0.15) is 17.0 Å². The van der Waals surface area contributed by atoms with E-state index >= 15 is 0 Å². The molecule has 2 aliphatic heterocycles. The van der Waals surface area contributed by atoms with Crippen LogP contribution < -0.4 is 0 Å². The van der Waals surface area contributed by atoms with Crippen molar-refractivity contribution in [1.29, 1.82) is 0 Å². The van der Waals surface area contributed by atoms with Crippen LogP contribution in [0, 0.1) is 18.8 Å². The summed E-state index contributed by atoms with van der Waals surface area (Å²) < 4.78 is 33.4. The lowest BCUT2D eigenvalue weighted by Crippen LogP contribution is -2.48. The van der Waals surface area contributed by atoms with Gasteiger partial charge in [0.05, 0.1) is 17.7 Å². The Morgan fingerprint density at radius 3 is 2.91 bits per heavy atom. The predicted octanol–water partition coefficient (Wildman–Crippen LogP) is 1.14. The molecular formula is C14H23N3O3S2. The molecule has 3 atom stereocenters. The van der Waals surface area contributed by atoms with Crippen LogP contribution in [-0.4, -0.2) is 61.9 Å². The molecule has 1 aromatic heterocycles. The number of ether oxygens (including phenoxy) is 1. The Hall–Kier alpha value is -0.540. The molecule has 0 saturated carbocycles. The van der Waals surface area contributed by atoms with E-state index in [0.717, 1.165) is 23.5 Å². The van der Waals surface area contributed by atoms with E-state index in [-0.39, 0.29) is 6.10 Å². The first-order valence-electron chi connectivity index (χ1n) is 7.58. The molecule has 124 valence electrons. The Morgan fingerprint density at radius 1 is 1.50 bits per heavy atom. The first kappa shape index (κ1) is 16.3. The minimum atomic E-state index is -3.31. The van der Waals surface area contributed by atoms with E-state index in [9.17, 15) is 8.42 Å². The second kappa shape index (κ2) is 6.16. The van der Waals surface area contributed by atoms with Crippen molar-refractivity contribution in [2.24, 2.45) is 11.8 Å². The largest absolute Gasteiger partial charge is 0.377 e. The highest BCUT2D eigenvalue weighted by molar-refractivity contribution is 7.86. The van der Waals surface area contributed by atoms with Crippen LogP contribution in [-0.2, 0) is 21.4 Å². The summed E-state index contributed by atoms with van der Waals surface area (Å²) in [7, 11) is -0.144. The first-order valence-corrected chi connectivity index (χ1v) is 9.86. The van der Waals surface area contributed by atoms with Crippen molar-refractivity contribution in [3.05, 3.63) is 16.1 Å². The van der Waals surface area contributed by atoms with Crippen molar-refractivity contribution >= 4 is 21.5 Å². The Bertz CT molecular complexity index is 629. The van der Waals surface area contributed by atoms with Crippen molar-refractivity contribution < 1.29 is 13.2 Å². The summed E-state index contributed by atoms with van der Waals surface area (Å²) in [6.45, 7) is 3.80. The smallest absolute Gasteiger partial charge is 0.281 e. The van der Waals surface area contributed by atoms with Crippen LogP contribution in [0.25, 0.3) is 0 Å². The molecule has 2 aliphatic rings. The molecule has 1 aromatic rings. The van der Waals surface area contributed by atoms with Crippen LogP contribution in [0.2, 0.25) is 0 Å². The molecule has 0 bridgehead atoms. The number of thiazole rings is 1. The second-order valence-electron chi connectivity index (χ2n) is 6.32. The van der Waals surface area contributed by atoms with Gasteiger partial charge in [0.15, 0.2) is 0 Å². The van der Waals surface area contributed by atoms with Crippen molar-refractivity contribution in [3.8, 4) is 0 Å². The molecule has 0 amide bonds. The van der Waals surface area contributed by atoms with Gasteiger partial charge in [0.25, 0.3) is 10.2 Å². The first-order chi connectivity index (χ1) is 10.4. The lowest BCUT2D eigenvalue weighted by atomic mass is 9.84. The van der Waals surface area contributed by atoms with Crippen molar-refractivity contribution in [3.63, 3.8) is 0 Å². The van der Waals surface area contributed by atoms with Crippen LogP contribution in [0.15, 0.2) is 5.38 Å². The SMILES string of the molecule is Cc1csc(C[C@H]2OC[C@H]3CN(S(=O)(=O)N(C)C)CC[C@H]32)n1. The number of hydrogen-bond acceptors (Lipinski definition) is 5. The highest BCUT2D eigenvalue weighted by Gasteiger charge is 2.43. The molecule has 0 radical (unpaired) electrons. The lowest BCUT2D eigenvalue weighted by molar-refractivity contribution is 0.0881. The molecule has 3 heterocycles. The maximum Gasteiger partial charge on any atom is 0.281 e. The number of fused-ring (bicyclic) bond motifs is 1. The van der Waals surface area contributed by atoms with Gasteiger partial charge in [-0.3, -0.25) is 0 Å². The molecule has 0 aromatic carbocycles. The monoisotopic (exact) mass is 345 g/mol. The molecule has 0 unspecified atom stereocenters. The predicted molar refractivity (Wildman–Crippen MR) is 86.1 cm³/mol. The highest BCUT2D eigenvalue weighted by Crippen LogP contribution is 2.37. The number of aromatic nitrogens is 1. The van der Waals surface area contributed by atoms with Crippen LogP contribution in [0.1, 0.15) is 17.1 Å². The lowest BCUT2D eigenvalue weighted by Gasteiger charge is -2.35. The van der Waals surface area contributed by atoms with Gasteiger partial charge in [-0.05, 0) is 19.3 Å². The molecule has 22 heavy (non-hydrogen) atoms. The maximum absolute atomic E-state index is 12.3. The Morgan fingerprint density at radius 2 is 2.27 bits per heavy atom. The molecule has 0 spiro atoms. The average Bonchev–Trinajstić information content (AvgIpc) is 3.05. The standard InChI is InChI=1S/C14H23N3O3S2/c1-10-9-21-14(15-10)6-13-12-4-5-17(7-11(12)8-20-13)22(18,19)16(2)3/h9,11-13H,4-8H2,1-3H3/t11-,12-,13-/m1/s1. The number of aryl methyl sites for hydroxylation is 1. The van der Waals surface area contributed by atoms with Gasteiger partial charge >= 0.3 is 0 Å². The van der Waals surface area contributed by atoms with Crippen LogP contribution in [0.5, 0.6) is 0 Å². The molecule has 0 aliphatic carbocycles. The summed E-state index contributed by atoms with van der Waals surface area (Å²) in [6, 6.07) is 0. The summed E-state index contributed by atoms with van der Waals surface area (Å²) in [6.07, 6.45) is 1.90. The molecule has 6 nitrogen and oxygen atoms in total. The molecule has 8 heteroatoms. The van der Waals surface area contributed by atoms with Gasteiger partial charge in [0, 0.05) is 50.6 Å². The van der Waals surface area contributed by atoms with Crippen molar-refractivity contribution in [2.75, 3.05) is 33.8 Å². The quantitative estimate of drug-likeness (QED) is 0.821. The maximum atomic E-state index is 12.3. The van der Waals surface area contributed by atoms with E-state index < -0.39 is 10.2 Å². The number of piperidine rings is 1. The molecule has 3 rings (SSSR count). The van der Waals surface area contributed by atoms with E-state index in [1.807, 2.05) is 6.92 Å². The summed E-state index contributed by atoms with van der Waals surface area (Å²) in [4.78, 5) is 4.51. The molecular weight excluding hydrogens is 322 g/mol. The highest BCUT2D eigenvalue weighted by atomic mass is 32.2. The van der Waals surface area contributed by atoms with Crippen molar-refractivity contribution in [2.45, 2.75) is 25.9 Å². The normalized spacial score (nSPS) is 29.9. The Labute approximate surface area is 136 Å². The van der Waals surface area contributed by atoms with Gasteiger partial charge in [0.2, 0.25) is 0 Å². The second-order valence-corrected chi connectivity index (χ2v) is 9.40. The number of rotatable bonds is 4. The zero-order valence-electron chi connectivity index (χ0n) is 13.2. The Balaban J connectivity index is 1.65. The minimum absolute atomic E-state index is 0.180. The van der Waals surface area contributed by atoms with Crippen LogP contribution in [0.3, 0.4) is 0 Å². The fraction of sp³-hybridized carbons (Fsp3) is 0.786. The fourth-order valence-corrected chi connectivity index (χ4v) is 5.37. The molecule has 2 fully saturated rings. The van der Waals surface area contributed by atoms with E-state index in [2.05, 4.69) is 10.4 Å². The minimum Gasteiger partial charge on any atom is -0.377 e. The fourth-order valence-electron chi connectivity index (χ4n) is 3.37. The van der Waals surface area contributed by atoms with Gasteiger partial charge in [0.1, 0.15) is 0 Å². The van der Waals surface area contributed by atoms with E-state index in [1.165, 1.54) is 4.31 Å². The van der Waals surface area contributed by atoms with E-state index in [4.69, 9.17) is 4.74 Å². The van der Waals surface area contributed by atoms with Crippen LogP contribution >= 0.6 is 11.3 Å². The van der Waals surface area contributed by atoms with Gasteiger partial charge in [-0.15, -0.1) is 11.3 Å². The van der Waals surface area contributed by atoms with E-state index in [0.29, 0.717) is 31.5 Å². The zero-order valence-corrected chi connectivity index (χ0v) is 14.9. The van der Waals surface area contributed by atoms with E-state index in [1.54, 1.807) is 29.7 Å². The van der Waals surface area contributed by atoms with Crippen molar-refractivity contribution in [1.82, 2.24) is 13.6 Å². The average molecular weight is 345 g/mol. The third kappa shape index (κ3) is 3.07. The summed E-state index contributed by atoms with van der Waals surface area (Å²) in [5, 5.41) is 3.18. The third-order valence-electron chi connectivity index (χ3n) is 4.59. The third-order valence-corrected chi connectivity index (χ3v) is 7.48. The summed E-state index contributed by atoms with van der Waals surface area (Å²) in [5.41, 5.74) is 1.06. The topological polar surface area (TPSA) is 62.7 Å². The number of hydrogen-bond donors (Lipinski definition) is 0. The van der Waals surface area contributed by atoms with Crippen LogP contribution in [0.4, 0.5) is 0 Å². The van der Waals surface area contributed by atoms with Gasteiger partial charge in [-0.1, -0.05) is 0 Å². The molecule has 0 N–H and O–H groups in total. The summed E-state index contributed by atoms with van der Waals surface area (Å²) in [5.74, 6) is 0.743. The van der Waals surface area contributed by atoms with Gasteiger partial charge < -0.3 is 4.74 Å².